The third kappa shape index (κ3) is 5.04. The van der Waals surface area contributed by atoms with Crippen LogP contribution in [-0.2, 0) is 6.54 Å². The van der Waals surface area contributed by atoms with E-state index < -0.39 is 0 Å². The van der Waals surface area contributed by atoms with Crippen LogP contribution in [0.25, 0.3) is 11.5 Å². The van der Waals surface area contributed by atoms with E-state index in [1.54, 1.807) is 0 Å². The van der Waals surface area contributed by atoms with Crippen LogP contribution >= 0.6 is 15.9 Å². The molecule has 1 aromatic carbocycles. The van der Waals surface area contributed by atoms with Crippen molar-refractivity contribution in [3.05, 3.63) is 34.6 Å². The van der Waals surface area contributed by atoms with E-state index in [1.807, 2.05) is 24.3 Å². The summed E-state index contributed by atoms with van der Waals surface area (Å²) in [5, 5.41) is 9.65. The molecule has 1 aliphatic heterocycles. The van der Waals surface area contributed by atoms with Crippen LogP contribution in [0.1, 0.15) is 32.0 Å². The molecule has 1 atom stereocenters. The molecular formula is C18H24BrN5O2. The highest BCUT2D eigenvalue weighted by molar-refractivity contribution is 9.10. The van der Waals surface area contributed by atoms with Crippen LogP contribution in [0.5, 0.6) is 0 Å². The molecule has 1 fully saturated rings. The minimum atomic E-state index is -0.208. The SMILES string of the molecule is CCN1CCCC[C@@H]1CNC(=O)NCc1noc(-c2cccc(Br)c2)n1. The molecule has 0 aliphatic carbocycles. The lowest BCUT2D eigenvalue weighted by molar-refractivity contribution is 0.153. The van der Waals surface area contributed by atoms with Crippen molar-refractivity contribution in [2.75, 3.05) is 19.6 Å². The Balaban J connectivity index is 1.46. The Hall–Kier alpha value is -1.93. The zero-order valence-electron chi connectivity index (χ0n) is 14.9. The van der Waals surface area contributed by atoms with Crippen LogP contribution < -0.4 is 10.6 Å². The van der Waals surface area contributed by atoms with Gasteiger partial charge in [-0.2, -0.15) is 4.98 Å². The highest BCUT2D eigenvalue weighted by atomic mass is 79.9. The van der Waals surface area contributed by atoms with Crippen molar-refractivity contribution in [3.63, 3.8) is 0 Å². The topological polar surface area (TPSA) is 83.3 Å². The Kier molecular flexibility index (Phi) is 6.62. The summed E-state index contributed by atoms with van der Waals surface area (Å²) in [6.45, 7) is 5.19. The van der Waals surface area contributed by atoms with Gasteiger partial charge in [0.1, 0.15) is 0 Å². The molecule has 7 nitrogen and oxygen atoms in total. The van der Waals surface area contributed by atoms with Crippen LogP contribution in [0.15, 0.2) is 33.3 Å². The number of carbonyl (C=O) groups is 1. The molecule has 8 heteroatoms. The van der Waals surface area contributed by atoms with E-state index in [0.29, 0.717) is 24.3 Å². The molecular weight excluding hydrogens is 398 g/mol. The minimum absolute atomic E-state index is 0.208. The number of benzene rings is 1. The van der Waals surface area contributed by atoms with Crippen LogP contribution in [-0.4, -0.2) is 46.7 Å². The molecule has 1 aliphatic rings. The maximum atomic E-state index is 12.0. The Morgan fingerprint density at radius 2 is 2.27 bits per heavy atom. The highest BCUT2D eigenvalue weighted by Crippen LogP contribution is 2.21. The largest absolute Gasteiger partial charge is 0.337 e. The van der Waals surface area contributed by atoms with Gasteiger partial charge < -0.3 is 15.2 Å². The van der Waals surface area contributed by atoms with E-state index in [-0.39, 0.29) is 12.6 Å². The van der Waals surface area contributed by atoms with Gasteiger partial charge in [-0.15, -0.1) is 0 Å². The molecule has 2 aromatic rings. The smallest absolute Gasteiger partial charge is 0.315 e. The van der Waals surface area contributed by atoms with Gasteiger partial charge in [-0.05, 0) is 44.1 Å². The summed E-state index contributed by atoms with van der Waals surface area (Å²) >= 11 is 3.42. The maximum absolute atomic E-state index is 12.0. The van der Waals surface area contributed by atoms with Gasteiger partial charge in [-0.1, -0.05) is 40.5 Å². The number of rotatable bonds is 6. The maximum Gasteiger partial charge on any atom is 0.315 e. The summed E-state index contributed by atoms with van der Waals surface area (Å²) in [7, 11) is 0. The molecule has 0 unspecified atom stereocenters. The number of aromatic nitrogens is 2. The second-order valence-electron chi connectivity index (χ2n) is 6.37. The zero-order chi connectivity index (χ0) is 18.4. The van der Waals surface area contributed by atoms with Crippen molar-refractivity contribution >= 4 is 22.0 Å². The molecule has 0 spiro atoms. The van der Waals surface area contributed by atoms with Gasteiger partial charge in [-0.25, -0.2) is 4.79 Å². The molecule has 3 rings (SSSR count). The highest BCUT2D eigenvalue weighted by Gasteiger charge is 2.21. The second kappa shape index (κ2) is 9.14. The van der Waals surface area contributed by atoms with Crippen LogP contribution in [0, 0.1) is 0 Å². The Bertz CT molecular complexity index is 736. The van der Waals surface area contributed by atoms with Gasteiger partial charge in [0.05, 0.1) is 6.54 Å². The molecule has 2 heterocycles. The van der Waals surface area contributed by atoms with Crippen molar-refractivity contribution in [1.82, 2.24) is 25.7 Å². The van der Waals surface area contributed by atoms with Gasteiger partial charge in [0.2, 0.25) is 0 Å². The fourth-order valence-corrected chi connectivity index (χ4v) is 3.60. The van der Waals surface area contributed by atoms with Crippen LogP contribution in [0.2, 0.25) is 0 Å². The number of nitrogens with one attached hydrogen (secondary N) is 2. The summed E-state index contributed by atoms with van der Waals surface area (Å²) in [6.07, 6.45) is 3.61. The van der Waals surface area contributed by atoms with Gasteiger partial charge >= 0.3 is 6.03 Å². The normalized spacial score (nSPS) is 17.8. The lowest BCUT2D eigenvalue weighted by Crippen LogP contribution is -2.48. The second-order valence-corrected chi connectivity index (χ2v) is 7.28. The van der Waals surface area contributed by atoms with Crippen LogP contribution in [0.3, 0.4) is 0 Å². The van der Waals surface area contributed by atoms with E-state index >= 15 is 0 Å². The van der Waals surface area contributed by atoms with Gasteiger partial charge in [0, 0.05) is 22.6 Å². The number of nitrogens with zero attached hydrogens (tertiary/aromatic N) is 3. The average molecular weight is 422 g/mol. The van der Waals surface area contributed by atoms with E-state index in [0.717, 1.165) is 29.5 Å². The fourth-order valence-electron chi connectivity index (χ4n) is 3.20. The molecule has 0 bridgehead atoms. The van der Waals surface area contributed by atoms with Crippen molar-refractivity contribution < 1.29 is 9.32 Å². The molecule has 2 amide bonds. The summed E-state index contributed by atoms with van der Waals surface area (Å²) in [5.74, 6) is 0.882. The monoisotopic (exact) mass is 421 g/mol. The minimum Gasteiger partial charge on any atom is -0.337 e. The molecule has 140 valence electrons. The fraction of sp³-hybridized carbons (Fsp3) is 0.500. The van der Waals surface area contributed by atoms with Crippen molar-refractivity contribution in [3.8, 4) is 11.5 Å². The molecule has 2 N–H and O–H groups in total. The first kappa shape index (κ1) is 18.8. The van der Waals surface area contributed by atoms with Crippen molar-refractivity contribution in [2.24, 2.45) is 0 Å². The van der Waals surface area contributed by atoms with Gasteiger partial charge in [0.15, 0.2) is 5.82 Å². The first-order chi connectivity index (χ1) is 12.7. The predicted molar refractivity (Wildman–Crippen MR) is 103 cm³/mol. The van der Waals surface area contributed by atoms with Crippen molar-refractivity contribution in [1.29, 1.82) is 0 Å². The van der Waals surface area contributed by atoms with E-state index in [1.165, 1.54) is 12.8 Å². The molecule has 1 aromatic heterocycles. The summed E-state index contributed by atoms with van der Waals surface area (Å²) in [6, 6.07) is 7.85. The third-order valence-corrected chi connectivity index (χ3v) is 5.09. The summed E-state index contributed by atoms with van der Waals surface area (Å²) < 4.78 is 6.20. The zero-order valence-corrected chi connectivity index (χ0v) is 16.5. The van der Waals surface area contributed by atoms with Gasteiger partial charge in [0.25, 0.3) is 5.89 Å². The molecule has 1 saturated heterocycles. The number of amides is 2. The molecule has 26 heavy (non-hydrogen) atoms. The quantitative estimate of drug-likeness (QED) is 0.747. The number of halogens is 1. The number of piperidine rings is 1. The first-order valence-corrected chi connectivity index (χ1v) is 9.79. The summed E-state index contributed by atoms with van der Waals surface area (Å²) in [5.41, 5.74) is 0.833. The molecule has 0 saturated carbocycles. The number of hydrogen-bond donors (Lipinski definition) is 2. The number of urea groups is 1. The van der Waals surface area contributed by atoms with Crippen molar-refractivity contribution in [2.45, 2.75) is 38.8 Å². The van der Waals surface area contributed by atoms with E-state index in [2.05, 4.69) is 48.5 Å². The predicted octanol–water partition coefficient (Wildman–Crippen LogP) is 3.17. The van der Waals surface area contributed by atoms with E-state index in [4.69, 9.17) is 4.52 Å². The number of likely N-dealkylation sites (tertiary alicyclic amines) is 1. The number of likely N-dealkylation sites (N-methyl/N-ethyl adjacent to an activating group) is 1. The number of carbonyl (C=O) groups excluding carboxylic acids is 1. The van der Waals surface area contributed by atoms with Crippen LogP contribution in [0.4, 0.5) is 4.79 Å². The molecule has 0 radical (unpaired) electrons. The third-order valence-electron chi connectivity index (χ3n) is 4.60. The van der Waals surface area contributed by atoms with Gasteiger partial charge in [-0.3, -0.25) is 4.90 Å². The first-order valence-electron chi connectivity index (χ1n) is 9.00. The Morgan fingerprint density at radius 1 is 1.38 bits per heavy atom. The van der Waals surface area contributed by atoms with E-state index in [9.17, 15) is 4.79 Å². The number of hydrogen-bond acceptors (Lipinski definition) is 5. The average Bonchev–Trinajstić information content (AvgIpc) is 3.14. The Labute approximate surface area is 161 Å². The standard InChI is InChI=1S/C18H24BrN5O2/c1-2-24-9-4-3-8-15(24)11-20-18(25)21-12-16-22-17(26-23-16)13-6-5-7-14(19)10-13/h5-7,10,15H,2-4,8-9,11-12H2,1H3,(H2,20,21,25)/t15-/m1/s1. The Morgan fingerprint density at radius 3 is 3.08 bits per heavy atom. The summed E-state index contributed by atoms with van der Waals surface area (Å²) in [4.78, 5) is 18.8. The lowest BCUT2D eigenvalue weighted by Gasteiger charge is -2.34. The lowest BCUT2D eigenvalue weighted by atomic mass is 10.0.